The summed E-state index contributed by atoms with van der Waals surface area (Å²) in [4.78, 5) is 22.7. The fourth-order valence-electron chi connectivity index (χ4n) is 2.83. The van der Waals surface area contributed by atoms with Crippen LogP contribution in [-0.4, -0.2) is 45.1 Å². The molecule has 0 unspecified atom stereocenters. The molecule has 0 saturated carbocycles. The first-order valence-corrected chi connectivity index (χ1v) is 8.52. The summed E-state index contributed by atoms with van der Waals surface area (Å²) in [6.45, 7) is 7.49. The number of hydrogen-bond donors (Lipinski definition) is 1. The normalized spacial score (nSPS) is 17.4. The molecule has 1 N–H and O–H groups in total. The van der Waals surface area contributed by atoms with Gasteiger partial charge in [0, 0.05) is 32.1 Å². The van der Waals surface area contributed by atoms with Gasteiger partial charge in [-0.1, -0.05) is 0 Å². The lowest BCUT2D eigenvalue weighted by molar-refractivity contribution is -0.0221. The molecule has 1 aliphatic heterocycles. The Morgan fingerprint density at radius 3 is 2.50 bits per heavy atom. The van der Waals surface area contributed by atoms with E-state index in [9.17, 15) is 13.6 Å². The molecule has 142 valence electrons. The van der Waals surface area contributed by atoms with Gasteiger partial charge in [0.1, 0.15) is 5.60 Å². The molecular formula is C17H23F2N5O2. The molecule has 9 heteroatoms. The molecule has 7 nitrogen and oxygen atoms in total. The minimum Gasteiger partial charge on any atom is -0.444 e. The second kappa shape index (κ2) is 6.37. The van der Waals surface area contributed by atoms with Crippen molar-refractivity contribution in [3.63, 3.8) is 0 Å². The second-order valence-corrected chi connectivity index (χ2v) is 7.53. The maximum atomic E-state index is 13.5. The topological polar surface area (TPSA) is 71.8 Å². The number of aromatic nitrogens is 3. The summed E-state index contributed by atoms with van der Waals surface area (Å²) < 4.78 is 33.9. The number of aryl methyl sites for hydroxylation is 1. The fourth-order valence-corrected chi connectivity index (χ4v) is 2.83. The van der Waals surface area contributed by atoms with E-state index in [1.165, 1.54) is 0 Å². The first-order valence-electron chi connectivity index (χ1n) is 8.52. The predicted molar refractivity (Wildman–Crippen MR) is 94.0 cm³/mol. The molecule has 0 bridgehead atoms. The van der Waals surface area contributed by atoms with Gasteiger partial charge in [-0.3, -0.25) is 5.32 Å². The molecule has 0 spiro atoms. The average Bonchev–Trinajstić information content (AvgIpc) is 2.84. The number of nitrogens with zero attached hydrogens (tertiary/aromatic N) is 4. The Bertz CT molecular complexity index is 818. The van der Waals surface area contributed by atoms with Gasteiger partial charge in [-0.15, -0.1) is 0 Å². The molecule has 1 fully saturated rings. The highest BCUT2D eigenvalue weighted by Crippen LogP contribution is 2.31. The number of anilines is 2. The van der Waals surface area contributed by atoms with E-state index in [-0.39, 0.29) is 31.7 Å². The predicted octanol–water partition coefficient (Wildman–Crippen LogP) is 3.62. The Balaban J connectivity index is 1.90. The van der Waals surface area contributed by atoms with Gasteiger partial charge < -0.3 is 14.0 Å². The van der Waals surface area contributed by atoms with Crippen molar-refractivity contribution >= 4 is 23.4 Å². The van der Waals surface area contributed by atoms with Gasteiger partial charge in [0.15, 0.2) is 17.3 Å². The van der Waals surface area contributed by atoms with Crippen LogP contribution in [0.4, 0.5) is 25.2 Å². The van der Waals surface area contributed by atoms with E-state index in [0.717, 1.165) is 5.69 Å². The van der Waals surface area contributed by atoms with Crippen molar-refractivity contribution in [3.05, 3.63) is 18.1 Å². The second-order valence-electron chi connectivity index (χ2n) is 7.53. The maximum absolute atomic E-state index is 13.5. The van der Waals surface area contributed by atoms with Gasteiger partial charge in [-0.25, -0.2) is 23.5 Å². The Hall–Kier alpha value is -2.45. The van der Waals surface area contributed by atoms with Gasteiger partial charge in [0.05, 0.1) is 11.9 Å². The zero-order valence-electron chi connectivity index (χ0n) is 15.3. The van der Waals surface area contributed by atoms with Crippen LogP contribution in [-0.2, 0) is 4.74 Å². The number of piperidine rings is 1. The summed E-state index contributed by atoms with van der Waals surface area (Å²) in [5.74, 6) is -1.90. The monoisotopic (exact) mass is 367 g/mol. The number of carbonyl (C=O) groups is 1. The van der Waals surface area contributed by atoms with E-state index in [4.69, 9.17) is 4.74 Å². The molecule has 0 aliphatic carbocycles. The van der Waals surface area contributed by atoms with Crippen molar-refractivity contribution in [2.24, 2.45) is 0 Å². The number of fused-ring (bicyclic) bond motifs is 1. The first-order chi connectivity index (χ1) is 12.0. The van der Waals surface area contributed by atoms with Crippen LogP contribution in [0.2, 0.25) is 0 Å². The molecule has 0 radical (unpaired) electrons. The minimum atomic E-state index is -2.65. The van der Waals surface area contributed by atoms with E-state index >= 15 is 0 Å². The van der Waals surface area contributed by atoms with Gasteiger partial charge >= 0.3 is 6.09 Å². The smallest absolute Gasteiger partial charge is 0.413 e. The van der Waals surface area contributed by atoms with E-state index in [1.807, 2.05) is 6.92 Å². The van der Waals surface area contributed by atoms with Crippen molar-refractivity contribution in [3.8, 4) is 0 Å². The number of amides is 1. The van der Waals surface area contributed by atoms with Crippen LogP contribution in [0.25, 0.3) is 5.65 Å². The number of rotatable bonds is 2. The number of hydrogen-bond acceptors (Lipinski definition) is 5. The average molecular weight is 367 g/mol. The van der Waals surface area contributed by atoms with Crippen molar-refractivity contribution in [1.29, 1.82) is 0 Å². The molecular weight excluding hydrogens is 344 g/mol. The van der Waals surface area contributed by atoms with E-state index in [1.54, 1.807) is 42.5 Å². The molecule has 1 saturated heterocycles. The Kier molecular flexibility index (Phi) is 4.49. The van der Waals surface area contributed by atoms with Crippen LogP contribution in [0.1, 0.15) is 39.3 Å². The summed E-state index contributed by atoms with van der Waals surface area (Å²) in [6, 6.07) is 0. The summed E-state index contributed by atoms with van der Waals surface area (Å²) in [5, 5.41) is 2.60. The molecule has 1 amide bonds. The zero-order chi connectivity index (χ0) is 19.1. The van der Waals surface area contributed by atoms with Crippen LogP contribution in [0.5, 0.6) is 0 Å². The third-order valence-corrected chi connectivity index (χ3v) is 3.96. The van der Waals surface area contributed by atoms with Gasteiger partial charge in [0.2, 0.25) is 0 Å². The van der Waals surface area contributed by atoms with E-state index < -0.39 is 17.6 Å². The number of alkyl halides is 2. The minimum absolute atomic E-state index is 0.178. The number of nitrogens with one attached hydrogen (secondary N) is 1. The van der Waals surface area contributed by atoms with Crippen molar-refractivity contribution in [2.45, 2.75) is 52.1 Å². The third kappa shape index (κ3) is 4.20. The van der Waals surface area contributed by atoms with Gasteiger partial charge in [0.25, 0.3) is 5.92 Å². The van der Waals surface area contributed by atoms with E-state index in [2.05, 4.69) is 15.3 Å². The van der Waals surface area contributed by atoms with Crippen molar-refractivity contribution in [1.82, 2.24) is 14.4 Å². The Morgan fingerprint density at radius 2 is 1.88 bits per heavy atom. The van der Waals surface area contributed by atoms with Crippen LogP contribution in [0.3, 0.4) is 0 Å². The Morgan fingerprint density at radius 1 is 1.23 bits per heavy atom. The number of ether oxygens (including phenoxy) is 1. The summed E-state index contributed by atoms with van der Waals surface area (Å²) >= 11 is 0. The third-order valence-electron chi connectivity index (χ3n) is 3.96. The summed E-state index contributed by atoms with van der Waals surface area (Å²) in [5.41, 5.74) is 0.702. The molecule has 3 heterocycles. The largest absolute Gasteiger partial charge is 0.444 e. The number of imidazole rings is 1. The highest BCUT2D eigenvalue weighted by Gasteiger charge is 2.35. The Labute approximate surface area is 150 Å². The quantitative estimate of drug-likeness (QED) is 0.878. The van der Waals surface area contributed by atoms with Crippen molar-refractivity contribution in [2.75, 3.05) is 23.3 Å². The number of halogens is 2. The molecule has 0 aromatic carbocycles. The highest BCUT2D eigenvalue weighted by molar-refractivity contribution is 5.84. The first kappa shape index (κ1) is 18.3. The fraction of sp³-hybridized carbons (Fsp3) is 0.588. The molecule has 1 aliphatic rings. The van der Waals surface area contributed by atoms with Crippen LogP contribution in [0.15, 0.2) is 12.4 Å². The lowest BCUT2D eigenvalue weighted by Gasteiger charge is -2.32. The molecule has 2 aromatic rings. The maximum Gasteiger partial charge on any atom is 0.413 e. The van der Waals surface area contributed by atoms with Gasteiger partial charge in [-0.2, -0.15) is 0 Å². The standard InChI is InChI=1S/C17H23F2N5O2/c1-11-9-24-10-12(22-15(25)26-16(2,3)4)21-14(13(24)20-11)23-7-5-17(18,19)6-8-23/h9-10H,5-8H2,1-4H3,(H,22,25). The van der Waals surface area contributed by atoms with Crippen LogP contribution >= 0.6 is 0 Å². The highest BCUT2D eigenvalue weighted by atomic mass is 19.3. The molecule has 3 rings (SSSR count). The van der Waals surface area contributed by atoms with Crippen LogP contribution < -0.4 is 10.2 Å². The molecule has 26 heavy (non-hydrogen) atoms. The van der Waals surface area contributed by atoms with E-state index in [0.29, 0.717) is 11.5 Å². The lowest BCUT2D eigenvalue weighted by atomic mass is 10.1. The van der Waals surface area contributed by atoms with Crippen molar-refractivity contribution < 1.29 is 18.3 Å². The van der Waals surface area contributed by atoms with Crippen LogP contribution in [0, 0.1) is 6.92 Å². The zero-order valence-corrected chi connectivity index (χ0v) is 15.3. The SMILES string of the molecule is Cc1cn2cc(NC(=O)OC(C)(C)C)nc(N3CCC(F)(F)CC3)c2n1. The summed E-state index contributed by atoms with van der Waals surface area (Å²) in [7, 11) is 0. The molecule has 0 atom stereocenters. The lowest BCUT2D eigenvalue weighted by Crippen LogP contribution is -2.40. The molecule has 2 aromatic heterocycles. The summed E-state index contributed by atoms with van der Waals surface area (Å²) in [6.07, 6.45) is 2.33. The number of carbonyl (C=O) groups excluding carboxylic acids is 1. The van der Waals surface area contributed by atoms with Gasteiger partial charge in [-0.05, 0) is 27.7 Å².